The molecule has 1 saturated heterocycles. The average molecular weight is 416 g/mol. The molecule has 1 aliphatic heterocycles. The summed E-state index contributed by atoms with van der Waals surface area (Å²) in [6.07, 6.45) is 0. The monoisotopic (exact) mass is 416 g/mol. The first-order valence-corrected chi connectivity index (χ1v) is 10.3. The molecule has 0 saturated carbocycles. The fraction of sp³-hybridized carbons (Fsp3) is 0.300. The number of rotatable bonds is 6. The van der Waals surface area contributed by atoms with E-state index >= 15 is 0 Å². The highest BCUT2D eigenvalue weighted by Crippen LogP contribution is 2.28. The minimum atomic E-state index is -3.85. The summed E-state index contributed by atoms with van der Waals surface area (Å²) in [5.41, 5.74) is 1.21. The molecule has 0 amide bonds. The molecule has 0 bridgehead atoms. The minimum absolute atomic E-state index is 0.0358. The van der Waals surface area contributed by atoms with Gasteiger partial charge in [-0.1, -0.05) is 12.1 Å². The van der Waals surface area contributed by atoms with E-state index in [9.17, 15) is 13.2 Å². The number of hydrogen-bond donors (Lipinski definition) is 0. The van der Waals surface area contributed by atoms with Crippen molar-refractivity contribution in [3.63, 3.8) is 0 Å². The van der Waals surface area contributed by atoms with Gasteiger partial charge in [-0.25, -0.2) is 13.2 Å². The molecule has 152 valence electrons. The van der Waals surface area contributed by atoms with Gasteiger partial charge in [-0.05, 0) is 35.9 Å². The Morgan fingerprint density at radius 3 is 2.66 bits per heavy atom. The van der Waals surface area contributed by atoms with Crippen LogP contribution in [0.5, 0.6) is 5.75 Å². The number of benzene rings is 2. The van der Waals surface area contributed by atoms with Crippen LogP contribution in [-0.4, -0.2) is 52.1 Å². The second-order valence-corrected chi connectivity index (χ2v) is 8.18. The fourth-order valence-electron chi connectivity index (χ4n) is 2.89. The van der Waals surface area contributed by atoms with Gasteiger partial charge in [0, 0.05) is 13.1 Å². The molecule has 3 rings (SSSR count). The second kappa shape index (κ2) is 9.05. The fourth-order valence-corrected chi connectivity index (χ4v) is 4.48. The Bertz CT molecular complexity index is 1040. The van der Waals surface area contributed by atoms with Crippen molar-refractivity contribution >= 4 is 16.0 Å². The van der Waals surface area contributed by atoms with E-state index in [2.05, 4.69) is 0 Å². The van der Waals surface area contributed by atoms with Gasteiger partial charge in [0.25, 0.3) is 0 Å². The maximum atomic E-state index is 13.0. The van der Waals surface area contributed by atoms with Crippen LogP contribution in [0.4, 0.5) is 0 Å². The third-order valence-electron chi connectivity index (χ3n) is 4.41. The van der Waals surface area contributed by atoms with Crippen molar-refractivity contribution in [3.8, 4) is 11.8 Å². The molecular weight excluding hydrogens is 396 g/mol. The standard InChI is InChI=1S/C20H20N2O6S/c1-26-18-6-5-17(12-19(18)29(24,25)22-7-9-27-10-8-22)20(23)28-14-16-4-2-3-15(11-16)13-21/h2-6,11-12H,7-10,14H2,1H3. The van der Waals surface area contributed by atoms with Gasteiger partial charge in [-0.15, -0.1) is 0 Å². The van der Waals surface area contributed by atoms with Crippen LogP contribution in [0.2, 0.25) is 0 Å². The summed E-state index contributed by atoms with van der Waals surface area (Å²) in [5, 5.41) is 8.94. The van der Waals surface area contributed by atoms with Gasteiger partial charge in [0.1, 0.15) is 17.3 Å². The zero-order valence-corrected chi connectivity index (χ0v) is 16.6. The average Bonchev–Trinajstić information content (AvgIpc) is 2.77. The molecule has 0 aliphatic carbocycles. The highest BCUT2D eigenvalue weighted by atomic mass is 32.2. The molecule has 0 spiro atoms. The van der Waals surface area contributed by atoms with Gasteiger partial charge in [-0.2, -0.15) is 9.57 Å². The van der Waals surface area contributed by atoms with Crippen molar-refractivity contribution in [1.29, 1.82) is 5.26 Å². The molecule has 0 unspecified atom stereocenters. The summed E-state index contributed by atoms with van der Waals surface area (Å²) >= 11 is 0. The summed E-state index contributed by atoms with van der Waals surface area (Å²) in [4.78, 5) is 12.4. The molecule has 0 radical (unpaired) electrons. The number of morpholine rings is 1. The molecule has 1 heterocycles. The number of nitrogens with zero attached hydrogens (tertiary/aromatic N) is 2. The summed E-state index contributed by atoms with van der Waals surface area (Å²) < 4.78 is 43.0. The zero-order valence-electron chi connectivity index (χ0n) is 15.8. The van der Waals surface area contributed by atoms with Gasteiger partial charge < -0.3 is 14.2 Å². The topological polar surface area (TPSA) is 106 Å². The van der Waals surface area contributed by atoms with Crippen LogP contribution in [0.3, 0.4) is 0 Å². The van der Waals surface area contributed by atoms with E-state index in [1.165, 1.54) is 29.6 Å². The summed E-state index contributed by atoms with van der Waals surface area (Å²) in [7, 11) is -2.48. The molecule has 1 aliphatic rings. The molecule has 0 aromatic heterocycles. The lowest BCUT2D eigenvalue weighted by Gasteiger charge is -2.26. The number of esters is 1. The first-order chi connectivity index (χ1) is 14.0. The minimum Gasteiger partial charge on any atom is -0.495 e. The normalized spacial score (nSPS) is 14.8. The van der Waals surface area contributed by atoms with E-state index in [-0.39, 0.29) is 35.9 Å². The largest absolute Gasteiger partial charge is 0.495 e. The quantitative estimate of drug-likeness (QED) is 0.663. The van der Waals surface area contributed by atoms with E-state index in [0.29, 0.717) is 24.3 Å². The van der Waals surface area contributed by atoms with Gasteiger partial charge in [0.15, 0.2) is 0 Å². The van der Waals surface area contributed by atoms with Crippen LogP contribution in [-0.2, 0) is 26.1 Å². The Balaban J connectivity index is 1.82. The maximum absolute atomic E-state index is 13.0. The third-order valence-corrected chi connectivity index (χ3v) is 6.33. The molecule has 8 nitrogen and oxygen atoms in total. The lowest BCUT2D eigenvalue weighted by molar-refractivity contribution is 0.0472. The Hall–Kier alpha value is -2.93. The maximum Gasteiger partial charge on any atom is 0.338 e. The number of sulfonamides is 1. The molecule has 2 aromatic rings. The van der Waals surface area contributed by atoms with Crippen LogP contribution in [0.15, 0.2) is 47.4 Å². The molecule has 0 N–H and O–H groups in total. The predicted octanol–water partition coefficient (Wildman–Crippen LogP) is 1.94. The lowest BCUT2D eigenvalue weighted by atomic mass is 10.1. The number of ether oxygens (including phenoxy) is 3. The lowest BCUT2D eigenvalue weighted by Crippen LogP contribution is -2.40. The van der Waals surface area contributed by atoms with Gasteiger partial charge in [0.2, 0.25) is 10.0 Å². The molecule has 9 heteroatoms. The van der Waals surface area contributed by atoms with Gasteiger partial charge in [-0.3, -0.25) is 0 Å². The zero-order chi connectivity index (χ0) is 20.9. The Morgan fingerprint density at radius 1 is 1.21 bits per heavy atom. The molecular formula is C20H20N2O6S. The smallest absolute Gasteiger partial charge is 0.338 e. The predicted molar refractivity (Wildman–Crippen MR) is 103 cm³/mol. The SMILES string of the molecule is COc1ccc(C(=O)OCc2cccc(C#N)c2)cc1S(=O)(=O)N1CCOCC1. The molecule has 29 heavy (non-hydrogen) atoms. The van der Waals surface area contributed by atoms with E-state index in [1.54, 1.807) is 24.3 Å². The number of hydrogen-bond acceptors (Lipinski definition) is 7. The van der Waals surface area contributed by atoms with Crippen molar-refractivity contribution in [2.75, 3.05) is 33.4 Å². The number of methoxy groups -OCH3 is 1. The van der Waals surface area contributed by atoms with Crippen LogP contribution in [0.1, 0.15) is 21.5 Å². The van der Waals surface area contributed by atoms with Crippen LogP contribution < -0.4 is 4.74 Å². The Labute approximate surface area is 169 Å². The Morgan fingerprint density at radius 2 is 1.97 bits per heavy atom. The van der Waals surface area contributed by atoms with E-state index < -0.39 is 16.0 Å². The van der Waals surface area contributed by atoms with Crippen molar-refractivity contribution in [3.05, 3.63) is 59.2 Å². The Kier molecular flexibility index (Phi) is 6.49. The van der Waals surface area contributed by atoms with Crippen LogP contribution in [0, 0.1) is 11.3 Å². The molecule has 1 fully saturated rings. The first-order valence-electron chi connectivity index (χ1n) is 8.88. The second-order valence-electron chi connectivity index (χ2n) is 6.27. The molecule has 2 aromatic carbocycles. The number of nitriles is 1. The van der Waals surface area contributed by atoms with E-state index in [1.807, 2.05) is 6.07 Å². The van der Waals surface area contributed by atoms with Gasteiger partial charge in [0.05, 0.1) is 37.5 Å². The van der Waals surface area contributed by atoms with Crippen LogP contribution in [0.25, 0.3) is 0 Å². The van der Waals surface area contributed by atoms with Gasteiger partial charge >= 0.3 is 5.97 Å². The van der Waals surface area contributed by atoms with Crippen LogP contribution >= 0.6 is 0 Å². The summed E-state index contributed by atoms with van der Waals surface area (Å²) in [5.74, 6) is -0.525. The third kappa shape index (κ3) is 4.74. The summed E-state index contributed by atoms with van der Waals surface area (Å²) in [6.45, 7) is 1.05. The van der Waals surface area contributed by atoms with E-state index in [0.717, 1.165) is 0 Å². The highest BCUT2D eigenvalue weighted by molar-refractivity contribution is 7.89. The molecule has 0 atom stereocenters. The number of carbonyl (C=O) groups excluding carboxylic acids is 1. The number of carbonyl (C=O) groups is 1. The van der Waals surface area contributed by atoms with Crippen molar-refractivity contribution in [2.24, 2.45) is 0 Å². The summed E-state index contributed by atoms with van der Waals surface area (Å²) in [6, 6.07) is 12.9. The van der Waals surface area contributed by atoms with Crippen molar-refractivity contribution in [1.82, 2.24) is 4.31 Å². The highest BCUT2D eigenvalue weighted by Gasteiger charge is 2.30. The van der Waals surface area contributed by atoms with E-state index in [4.69, 9.17) is 19.5 Å². The van der Waals surface area contributed by atoms with Crippen molar-refractivity contribution in [2.45, 2.75) is 11.5 Å². The first kappa shape index (κ1) is 20.8. The van der Waals surface area contributed by atoms with Crippen molar-refractivity contribution < 1.29 is 27.4 Å².